The molecular weight excluding hydrogens is 104 g/mol. The second-order valence-electron chi connectivity index (χ2n) is 2.38. The Bertz CT molecular complexity index is 109. The average molecular weight is 114 g/mol. The number of allylic oxidation sites excluding steroid dienone is 1. The first-order valence-electron chi connectivity index (χ1n) is 2.76. The Kier molecular flexibility index (Phi) is 1.26. The molecule has 0 spiro atoms. The average Bonchev–Trinajstić information content (AvgIpc) is 2.45. The van der Waals surface area contributed by atoms with Gasteiger partial charge in [-0.1, -0.05) is 13.5 Å². The van der Waals surface area contributed by atoms with Crippen LogP contribution in [-0.2, 0) is 4.89 Å². The molecule has 0 aromatic rings. The van der Waals surface area contributed by atoms with Crippen molar-refractivity contribution in [3.05, 3.63) is 12.3 Å². The smallest absolute Gasteiger partial charge is 0.138 e. The molecular formula is C6H10O2. The molecule has 2 heteroatoms. The first kappa shape index (κ1) is 5.63. The van der Waals surface area contributed by atoms with Crippen LogP contribution < -0.4 is 0 Å². The topological polar surface area (TPSA) is 29.5 Å². The van der Waals surface area contributed by atoms with Gasteiger partial charge in [0.15, 0.2) is 0 Å². The van der Waals surface area contributed by atoms with Crippen LogP contribution in [-0.4, -0.2) is 5.26 Å². The van der Waals surface area contributed by atoms with E-state index in [1.165, 1.54) is 0 Å². The van der Waals surface area contributed by atoms with Crippen LogP contribution in [0, 0.1) is 11.8 Å². The van der Waals surface area contributed by atoms with Crippen molar-refractivity contribution < 1.29 is 10.1 Å². The lowest BCUT2D eigenvalue weighted by atomic mass is 10.3. The third-order valence-electron chi connectivity index (χ3n) is 1.64. The predicted molar refractivity (Wildman–Crippen MR) is 30.1 cm³/mol. The maximum Gasteiger partial charge on any atom is 0.138 e. The van der Waals surface area contributed by atoms with E-state index in [-0.39, 0.29) is 0 Å². The van der Waals surface area contributed by atoms with Crippen LogP contribution in [0.4, 0.5) is 0 Å². The summed E-state index contributed by atoms with van der Waals surface area (Å²) in [7, 11) is 0. The lowest BCUT2D eigenvalue weighted by Crippen LogP contribution is -1.87. The Morgan fingerprint density at radius 2 is 2.38 bits per heavy atom. The van der Waals surface area contributed by atoms with Crippen LogP contribution in [0.1, 0.15) is 13.3 Å². The summed E-state index contributed by atoms with van der Waals surface area (Å²) in [4.78, 5) is 3.95. The van der Waals surface area contributed by atoms with E-state index < -0.39 is 0 Å². The van der Waals surface area contributed by atoms with Crippen molar-refractivity contribution in [2.24, 2.45) is 11.8 Å². The fourth-order valence-corrected chi connectivity index (χ4v) is 0.838. The minimum absolute atomic E-state index is 0.417. The van der Waals surface area contributed by atoms with Crippen molar-refractivity contribution in [1.82, 2.24) is 0 Å². The molecule has 1 rings (SSSR count). The van der Waals surface area contributed by atoms with Crippen LogP contribution in [0.3, 0.4) is 0 Å². The van der Waals surface area contributed by atoms with Crippen LogP contribution in [0.5, 0.6) is 0 Å². The molecule has 8 heavy (non-hydrogen) atoms. The summed E-state index contributed by atoms with van der Waals surface area (Å²) in [6.45, 7) is 5.62. The third-order valence-corrected chi connectivity index (χ3v) is 1.64. The van der Waals surface area contributed by atoms with E-state index >= 15 is 0 Å². The van der Waals surface area contributed by atoms with Crippen molar-refractivity contribution in [1.29, 1.82) is 0 Å². The van der Waals surface area contributed by atoms with Gasteiger partial charge in [-0.05, 0) is 12.3 Å². The van der Waals surface area contributed by atoms with Crippen molar-refractivity contribution >= 4 is 0 Å². The van der Waals surface area contributed by atoms with Gasteiger partial charge in [0, 0.05) is 5.92 Å². The molecule has 0 aliphatic heterocycles. The highest BCUT2D eigenvalue weighted by Crippen LogP contribution is 2.42. The van der Waals surface area contributed by atoms with E-state index in [1.807, 2.05) is 0 Å². The third kappa shape index (κ3) is 0.842. The molecule has 2 atom stereocenters. The molecule has 1 aliphatic rings. The van der Waals surface area contributed by atoms with E-state index in [0.717, 1.165) is 6.42 Å². The predicted octanol–water partition coefficient (Wildman–Crippen LogP) is 1.65. The zero-order valence-electron chi connectivity index (χ0n) is 4.92. The molecule has 0 heterocycles. The maximum atomic E-state index is 8.06. The second-order valence-corrected chi connectivity index (χ2v) is 2.38. The van der Waals surface area contributed by atoms with Gasteiger partial charge in [-0.25, -0.2) is 5.26 Å². The van der Waals surface area contributed by atoms with Crippen molar-refractivity contribution in [2.45, 2.75) is 13.3 Å². The molecule has 0 aromatic heterocycles. The van der Waals surface area contributed by atoms with E-state index in [9.17, 15) is 0 Å². The Morgan fingerprint density at radius 3 is 2.50 bits per heavy atom. The molecule has 0 bridgehead atoms. The minimum Gasteiger partial charge on any atom is -0.345 e. The van der Waals surface area contributed by atoms with Crippen LogP contribution in [0.15, 0.2) is 12.3 Å². The number of hydrogen-bond donors (Lipinski definition) is 1. The van der Waals surface area contributed by atoms with Crippen LogP contribution in [0.25, 0.3) is 0 Å². The quantitative estimate of drug-likeness (QED) is 0.336. The van der Waals surface area contributed by atoms with Crippen molar-refractivity contribution in [2.75, 3.05) is 0 Å². The molecule has 0 radical (unpaired) electrons. The Labute approximate surface area is 48.7 Å². The first-order chi connectivity index (χ1) is 3.75. The van der Waals surface area contributed by atoms with E-state index in [1.54, 1.807) is 0 Å². The summed E-state index contributed by atoms with van der Waals surface area (Å²) >= 11 is 0. The Hall–Kier alpha value is -0.500. The molecule has 1 N–H and O–H groups in total. The van der Waals surface area contributed by atoms with E-state index in [2.05, 4.69) is 18.4 Å². The Balaban J connectivity index is 2.28. The normalized spacial score (nSPS) is 34.2. The zero-order valence-corrected chi connectivity index (χ0v) is 4.92. The van der Waals surface area contributed by atoms with Gasteiger partial charge in [-0.2, -0.15) is 0 Å². The second kappa shape index (κ2) is 1.78. The monoisotopic (exact) mass is 114 g/mol. The van der Waals surface area contributed by atoms with Gasteiger partial charge >= 0.3 is 0 Å². The number of hydrogen-bond acceptors (Lipinski definition) is 2. The molecule has 1 aliphatic carbocycles. The number of rotatable bonds is 2. The van der Waals surface area contributed by atoms with E-state index in [4.69, 9.17) is 5.26 Å². The molecule has 0 aromatic carbocycles. The summed E-state index contributed by atoms with van der Waals surface area (Å²) in [6, 6.07) is 0. The van der Waals surface area contributed by atoms with Crippen LogP contribution in [0.2, 0.25) is 0 Å². The van der Waals surface area contributed by atoms with Gasteiger partial charge in [0.25, 0.3) is 0 Å². The molecule has 1 fully saturated rings. The van der Waals surface area contributed by atoms with Gasteiger partial charge in [0.2, 0.25) is 0 Å². The molecule has 2 unspecified atom stereocenters. The Morgan fingerprint density at radius 1 is 1.88 bits per heavy atom. The van der Waals surface area contributed by atoms with Gasteiger partial charge in [-0.15, -0.1) is 0 Å². The molecule has 46 valence electrons. The van der Waals surface area contributed by atoms with Gasteiger partial charge in [0.1, 0.15) is 5.76 Å². The first-order valence-corrected chi connectivity index (χ1v) is 2.76. The summed E-state index contributed by atoms with van der Waals surface area (Å²) < 4.78 is 0. The minimum atomic E-state index is 0.417. The van der Waals surface area contributed by atoms with Gasteiger partial charge in [0.05, 0.1) is 0 Å². The molecule has 0 saturated heterocycles. The maximum absolute atomic E-state index is 8.06. The highest BCUT2D eigenvalue weighted by molar-refractivity contribution is 5.02. The summed E-state index contributed by atoms with van der Waals surface area (Å²) in [5.74, 6) is 1.59. The van der Waals surface area contributed by atoms with Crippen molar-refractivity contribution in [3.8, 4) is 0 Å². The standard InChI is InChI=1S/C6H10O2/c1-4-3-6(4)5(2)8-7/h4,6-7H,2-3H2,1H3. The molecule has 1 saturated carbocycles. The largest absolute Gasteiger partial charge is 0.345 e. The highest BCUT2D eigenvalue weighted by Gasteiger charge is 2.36. The van der Waals surface area contributed by atoms with Gasteiger partial charge < -0.3 is 4.89 Å². The van der Waals surface area contributed by atoms with Gasteiger partial charge in [-0.3, -0.25) is 0 Å². The fraction of sp³-hybridized carbons (Fsp3) is 0.667. The molecule has 0 amide bonds. The SMILES string of the molecule is C=C(OO)C1CC1C. The summed E-state index contributed by atoms with van der Waals surface area (Å²) in [6.07, 6.45) is 1.11. The van der Waals surface area contributed by atoms with Crippen LogP contribution >= 0.6 is 0 Å². The lowest BCUT2D eigenvalue weighted by molar-refractivity contribution is -0.207. The highest BCUT2D eigenvalue weighted by atomic mass is 17.1. The van der Waals surface area contributed by atoms with E-state index in [0.29, 0.717) is 17.6 Å². The lowest BCUT2D eigenvalue weighted by Gasteiger charge is -1.95. The fourth-order valence-electron chi connectivity index (χ4n) is 0.838. The summed E-state index contributed by atoms with van der Waals surface area (Å²) in [5, 5.41) is 8.06. The molecule has 2 nitrogen and oxygen atoms in total. The summed E-state index contributed by atoms with van der Waals surface area (Å²) in [5.41, 5.74) is 0. The zero-order chi connectivity index (χ0) is 6.15. The van der Waals surface area contributed by atoms with Crippen molar-refractivity contribution in [3.63, 3.8) is 0 Å².